The Kier molecular flexibility index (Phi) is 10.4. The molecule has 1 amide bonds. The van der Waals surface area contributed by atoms with E-state index in [-0.39, 0.29) is 23.0 Å². The summed E-state index contributed by atoms with van der Waals surface area (Å²) in [6, 6.07) is 6.96. The molecule has 1 saturated carbocycles. The van der Waals surface area contributed by atoms with Gasteiger partial charge in [-0.2, -0.15) is 26.3 Å². The fourth-order valence-electron chi connectivity index (χ4n) is 5.50. The smallest absolute Gasteiger partial charge is 0.422 e. The van der Waals surface area contributed by atoms with Crippen molar-refractivity contribution in [1.82, 2.24) is 9.62 Å². The van der Waals surface area contributed by atoms with Crippen molar-refractivity contribution in [2.75, 3.05) is 36.9 Å². The van der Waals surface area contributed by atoms with Crippen molar-refractivity contribution >= 4 is 48.7 Å². The molecular weight excluding hydrogens is 689 g/mol. The lowest BCUT2D eigenvalue weighted by molar-refractivity contribution is -0.153. The molecule has 48 heavy (non-hydrogen) atoms. The third kappa shape index (κ3) is 9.23. The molecule has 0 radical (unpaired) electrons. The lowest BCUT2D eigenvalue weighted by Gasteiger charge is -2.33. The largest absolute Gasteiger partial charge is 0.482 e. The predicted molar refractivity (Wildman–Crippen MR) is 167 cm³/mol. The van der Waals surface area contributed by atoms with Crippen molar-refractivity contribution in [3.8, 4) is 17.6 Å². The van der Waals surface area contributed by atoms with E-state index in [1.165, 1.54) is 17.6 Å². The van der Waals surface area contributed by atoms with Crippen LogP contribution < -0.4 is 20.1 Å². The Labute approximate surface area is 276 Å². The second-order valence-electron chi connectivity index (χ2n) is 11.6. The number of nitrogens with zero attached hydrogens (tertiary/aromatic N) is 1. The van der Waals surface area contributed by atoms with Crippen molar-refractivity contribution in [3.63, 3.8) is 0 Å². The monoisotopic (exact) mass is 720 g/mol. The second-order valence-corrected chi connectivity index (χ2v) is 14.2. The van der Waals surface area contributed by atoms with Crippen LogP contribution in [-0.2, 0) is 21.2 Å². The van der Waals surface area contributed by atoms with Crippen molar-refractivity contribution in [1.29, 1.82) is 0 Å². The van der Waals surface area contributed by atoms with Gasteiger partial charge in [0.2, 0.25) is 5.91 Å². The van der Waals surface area contributed by atoms with Crippen LogP contribution in [0.15, 0.2) is 35.2 Å². The maximum atomic E-state index is 14.8. The molecule has 0 bridgehead atoms. The van der Waals surface area contributed by atoms with E-state index >= 15 is 0 Å². The van der Waals surface area contributed by atoms with Crippen LogP contribution in [0.5, 0.6) is 5.75 Å². The van der Waals surface area contributed by atoms with E-state index in [2.05, 4.69) is 27.4 Å². The van der Waals surface area contributed by atoms with Crippen LogP contribution in [0.3, 0.4) is 0 Å². The van der Waals surface area contributed by atoms with Crippen LogP contribution >= 0.6 is 11.3 Å². The number of nitrogens with one attached hydrogen (secondary N) is 3. The summed E-state index contributed by atoms with van der Waals surface area (Å²) < 4.78 is 126. The molecule has 2 fully saturated rings. The van der Waals surface area contributed by atoms with E-state index in [1.54, 1.807) is 12.1 Å². The number of likely N-dealkylation sites (tertiary alicyclic amines) is 1. The number of thiophene rings is 1. The number of halogens is 7. The zero-order chi connectivity index (χ0) is 34.9. The molecule has 1 saturated heterocycles. The molecule has 8 nitrogen and oxygen atoms in total. The number of carbonyl (C=O) groups excluding carboxylic acids is 1. The van der Waals surface area contributed by atoms with Gasteiger partial charge >= 0.3 is 12.4 Å². The van der Waals surface area contributed by atoms with Crippen LogP contribution in [0.2, 0.25) is 0 Å². The highest BCUT2D eigenvalue weighted by molar-refractivity contribution is 7.90. The number of alkyl halides is 6. The molecule has 260 valence electrons. The molecule has 3 N–H and O–H groups in total. The number of amides is 1. The molecular formula is C31H31F7N4O4S2. The van der Waals surface area contributed by atoms with Crippen molar-refractivity contribution in [2.24, 2.45) is 0 Å². The minimum Gasteiger partial charge on any atom is -0.482 e. The third-order valence-electron chi connectivity index (χ3n) is 7.71. The summed E-state index contributed by atoms with van der Waals surface area (Å²) in [5.74, 6) is 2.16. The first-order valence-corrected chi connectivity index (χ1v) is 17.2. The van der Waals surface area contributed by atoms with Crippen LogP contribution in [0.25, 0.3) is 10.1 Å². The number of carbonyl (C=O) groups is 1. The Hall–Kier alpha value is -3.75. The molecule has 1 aliphatic carbocycles. The molecule has 5 rings (SSSR count). The van der Waals surface area contributed by atoms with Crippen molar-refractivity contribution < 1.29 is 48.7 Å². The van der Waals surface area contributed by atoms with Gasteiger partial charge in [-0.1, -0.05) is 24.0 Å². The van der Waals surface area contributed by atoms with Crippen molar-refractivity contribution in [2.45, 2.75) is 68.4 Å². The SMILES string of the molecule is CC(=O)NS(=O)(=O)c1cc(OCC(F)(F)F)c(NCC#Cc2sc3c(NC4CCN(C5CC5)CC4)cccc3c2CC(F)(F)F)cc1F. The van der Waals surface area contributed by atoms with Crippen LogP contribution in [0.4, 0.5) is 42.1 Å². The molecule has 2 aliphatic rings. The Morgan fingerprint density at radius 1 is 1.04 bits per heavy atom. The number of sulfonamides is 1. The number of fused-ring (bicyclic) bond motifs is 1. The van der Waals surface area contributed by atoms with E-state index in [4.69, 9.17) is 4.74 Å². The maximum Gasteiger partial charge on any atom is 0.422 e. The van der Waals surface area contributed by atoms with E-state index in [0.29, 0.717) is 33.9 Å². The summed E-state index contributed by atoms with van der Waals surface area (Å²) in [4.78, 5) is 12.7. The van der Waals surface area contributed by atoms with Gasteiger partial charge in [0, 0.05) is 44.2 Å². The van der Waals surface area contributed by atoms with Crippen LogP contribution in [0, 0.1) is 17.7 Å². The summed E-state index contributed by atoms with van der Waals surface area (Å²) in [7, 11) is -4.78. The minimum absolute atomic E-state index is 0.0185. The summed E-state index contributed by atoms with van der Waals surface area (Å²) in [5.41, 5.74) is 0.280. The Bertz CT molecular complexity index is 1840. The highest BCUT2D eigenvalue weighted by Crippen LogP contribution is 2.40. The summed E-state index contributed by atoms with van der Waals surface area (Å²) in [6.45, 7) is 0.512. The average Bonchev–Trinajstić information content (AvgIpc) is 3.77. The van der Waals surface area contributed by atoms with E-state index in [9.17, 15) is 43.9 Å². The molecule has 0 atom stereocenters. The number of benzene rings is 2. The standard InChI is InChI=1S/C31H31F7N4O4S2/c1-18(43)41-48(44,45)28-15-26(46-17-31(36,37)38)25(14-23(28)32)39-11-3-6-27-22(16-30(33,34)35)21-4-2-5-24(29(21)47-27)40-19-9-12-42(13-10-19)20-7-8-20/h2,4-5,14-15,19-20,39-40H,7-13,16-17H2,1H3,(H,41,43). The molecule has 2 aromatic carbocycles. The summed E-state index contributed by atoms with van der Waals surface area (Å²) >= 11 is 1.08. The highest BCUT2D eigenvalue weighted by Gasteiger charge is 2.34. The van der Waals surface area contributed by atoms with Gasteiger partial charge in [0.1, 0.15) is 16.5 Å². The summed E-state index contributed by atoms with van der Waals surface area (Å²) in [6.07, 6.45) is -6.37. The predicted octanol–water partition coefficient (Wildman–Crippen LogP) is 6.41. The van der Waals surface area contributed by atoms with Crippen LogP contribution in [-0.4, -0.2) is 69.9 Å². The Morgan fingerprint density at radius 2 is 1.75 bits per heavy atom. The normalized spacial score (nSPS) is 16.3. The number of anilines is 2. The van der Waals surface area contributed by atoms with Gasteiger partial charge in [-0.05, 0) is 42.7 Å². The van der Waals surface area contributed by atoms with Gasteiger partial charge in [-0.3, -0.25) is 4.79 Å². The lowest BCUT2D eigenvalue weighted by atomic mass is 10.0. The maximum absolute atomic E-state index is 14.8. The summed E-state index contributed by atoms with van der Waals surface area (Å²) in [5, 5.41) is 6.44. The third-order valence-corrected chi connectivity index (χ3v) is 10.4. The lowest BCUT2D eigenvalue weighted by Crippen LogP contribution is -2.40. The van der Waals surface area contributed by atoms with E-state index < -0.39 is 63.5 Å². The van der Waals surface area contributed by atoms with E-state index in [0.717, 1.165) is 44.2 Å². The fraction of sp³-hybridized carbons (Fsp3) is 0.452. The Morgan fingerprint density at radius 3 is 2.38 bits per heavy atom. The average molecular weight is 721 g/mol. The Balaban J connectivity index is 1.39. The second kappa shape index (κ2) is 14.0. The van der Waals surface area contributed by atoms with Gasteiger partial charge in [-0.25, -0.2) is 17.5 Å². The zero-order valence-corrected chi connectivity index (χ0v) is 27.1. The van der Waals surface area contributed by atoms with Gasteiger partial charge in [-0.15, -0.1) is 11.3 Å². The van der Waals surface area contributed by atoms with Crippen molar-refractivity contribution in [3.05, 3.63) is 46.6 Å². The highest BCUT2D eigenvalue weighted by atomic mass is 32.2. The first-order chi connectivity index (χ1) is 22.5. The number of hydrogen-bond donors (Lipinski definition) is 3. The van der Waals surface area contributed by atoms with Gasteiger partial charge in [0.15, 0.2) is 6.61 Å². The number of piperidine rings is 1. The number of ether oxygens (including phenoxy) is 1. The molecule has 1 aliphatic heterocycles. The first kappa shape index (κ1) is 35.6. The molecule has 3 aromatic rings. The fourth-order valence-corrected chi connectivity index (χ4v) is 7.73. The molecule has 1 aromatic heterocycles. The molecule has 17 heteroatoms. The molecule has 0 unspecified atom stereocenters. The molecule has 0 spiro atoms. The van der Waals surface area contributed by atoms with Gasteiger partial charge < -0.3 is 20.3 Å². The first-order valence-electron chi connectivity index (χ1n) is 14.9. The van der Waals surface area contributed by atoms with Gasteiger partial charge in [0.05, 0.1) is 33.9 Å². The van der Waals surface area contributed by atoms with E-state index in [1.807, 2.05) is 6.07 Å². The zero-order valence-electron chi connectivity index (χ0n) is 25.4. The van der Waals surface area contributed by atoms with Gasteiger partial charge in [0.25, 0.3) is 10.0 Å². The number of rotatable bonds is 10. The topological polar surface area (TPSA) is 99.8 Å². The number of hydrogen-bond acceptors (Lipinski definition) is 8. The van der Waals surface area contributed by atoms with Crippen LogP contribution in [0.1, 0.15) is 43.0 Å². The minimum atomic E-state index is -4.83. The molecule has 2 heterocycles. The quantitative estimate of drug-likeness (QED) is 0.165.